The number of benzene rings is 1. The van der Waals surface area contributed by atoms with Gasteiger partial charge in [0.15, 0.2) is 0 Å². The van der Waals surface area contributed by atoms with Crippen LogP contribution in [0.4, 0.5) is 0 Å². The Balaban J connectivity index is 1.59. The number of hydrogen-bond donors (Lipinski definition) is 1. The Morgan fingerprint density at radius 1 is 1.23 bits per heavy atom. The number of aromatic nitrogens is 2. The van der Waals surface area contributed by atoms with Crippen molar-refractivity contribution >= 4 is 5.91 Å². The quantitative estimate of drug-likeness (QED) is 0.722. The summed E-state index contributed by atoms with van der Waals surface area (Å²) in [6, 6.07) is 8.62. The third-order valence-corrected chi connectivity index (χ3v) is 6.04. The van der Waals surface area contributed by atoms with E-state index in [0.717, 1.165) is 44.3 Å². The van der Waals surface area contributed by atoms with E-state index in [2.05, 4.69) is 67.1 Å². The summed E-state index contributed by atoms with van der Waals surface area (Å²) in [7, 11) is 0. The van der Waals surface area contributed by atoms with Gasteiger partial charge in [0.2, 0.25) is 17.6 Å². The van der Waals surface area contributed by atoms with E-state index in [4.69, 9.17) is 4.52 Å². The van der Waals surface area contributed by atoms with Crippen LogP contribution in [0.5, 0.6) is 0 Å². The van der Waals surface area contributed by atoms with Crippen LogP contribution in [0.3, 0.4) is 0 Å². The van der Waals surface area contributed by atoms with E-state index in [1.165, 1.54) is 5.56 Å². The first-order chi connectivity index (χ1) is 14.3. The molecule has 1 N–H and O–H groups in total. The average molecular weight is 413 g/mol. The fraction of sp³-hybridized carbons (Fsp3) is 0.625. The third-order valence-electron chi connectivity index (χ3n) is 6.04. The maximum Gasteiger partial charge on any atom is 0.241 e. The first kappa shape index (κ1) is 22.5. The minimum Gasteiger partial charge on any atom is -0.353 e. The molecule has 1 saturated heterocycles. The number of nitrogens with zero attached hydrogens (tertiary/aromatic N) is 3. The molecule has 1 amide bonds. The predicted octanol–water partition coefficient (Wildman–Crippen LogP) is 4.55. The number of likely N-dealkylation sites (tertiary alicyclic amines) is 1. The summed E-state index contributed by atoms with van der Waals surface area (Å²) < 4.78 is 5.51. The lowest BCUT2D eigenvalue weighted by atomic mass is 9.87. The highest BCUT2D eigenvalue weighted by Crippen LogP contribution is 2.25. The molecule has 0 spiro atoms. The summed E-state index contributed by atoms with van der Waals surface area (Å²) in [6.07, 6.45) is 3.90. The lowest BCUT2D eigenvalue weighted by molar-refractivity contribution is -0.127. The van der Waals surface area contributed by atoms with E-state index >= 15 is 0 Å². The van der Waals surface area contributed by atoms with Gasteiger partial charge >= 0.3 is 0 Å². The van der Waals surface area contributed by atoms with Gasteiger partial charge in [-0.1, -0.05) is 64.0 Å². The van der Waals surface area contributed by atoms with E-state index < -0.39 is 0 Å². The zero-order chi connectivity index (χ0) is 21.7. The minimum atomic E-state index is 0.0340. The summed E-state index contributed by atoms with van der Waals surface area (Å²) >= 11 is 0. The molecule has 30 heavy (non-hydrogen) atoms. The molecule has 164 valence electrons. The minimum absolute atomic E-state index is 0.0340. The van der Waals surface area contributed by atoms with Crippen molar-refractivity contribution in [3.05, 3.63) is 35.7 Å². The van der Waals surface area contributed by atoms with Gasteiger partial charge < -0.3 is 9.84 Å². The van der Waals surface area contributed by atoms with Gasteiger partial charge in [-0.2, -0.15) is 4.98 Å². The molecule has 0 radical (unpaired) electrons. The average Bonchev–Trinajstić information content (AvgIpc) is 3.20. The fourth-order valence-electron chi connectivity index (χ4n) is 3.97. The Morgan fingerprint density at radius 2 is 1.93 bits per heavy atom. The number of amides is 1. The van der Waals surface area contributed by atoms with Crippen molar-refractivity contribution < 1.29 is 9.32 Å². The molecule has 1 aliphatic heterocycles. The first-order valence-electron chi connectivity index (χ1n) is 11.3. The fourth-order valence-corrected chi connectivity index (χ4v) is 3.97. The maximum atomic E-state index is 12.6. The van der Waals surface area contributed by atoms with Crippen LogP contribution < -0.4 is 5.32 Å². The second kappa shape index (κ2) is 9.73. The van der Waals surface area contributed by atoms with Crippen molar-refractivity contribution in [3.8, 4) is 11.4 Å². The number of nitrogens with one attached hydrogen (secondary N) is 1. The summed E-state index contributed by atoms with van der Waals surface area (Å²) in [4.78, 5) is 19.5. The summed E-state index contributed by atoms with van der Waals surface area (Å²) in [5, 5.41) is 7.36. The van der Waals surface area contributed by atoms with Crippen LogP contribution >= 0.6 is 0 Å². The lowest BCUT2D eigenvalue weighted by Gasteiger charge is -2.31. The molecular weight excluding hydrogens is 376 g/mol. The van der Waals surface area contributed by atoms with Crippen LogP contribution in [0, 0.1) is 5.92 Å². The van der Waals surface area contributed by atoms with Gasteiger partial charge in [-0.05, 0) is 43.2 Å². The summed E-state index contributed by atoms with van der Waals surface area (Å²) in [6.45, 7) is 13.1. The number of rotatable bonds is 7. The van der Waals surface area contributed by atoms with Gasteiger partial charge in [0, 0.05) is 18.2 Å². The van der Waals surface area contributed by atoms with Crippen molar-refractivity contribution in [2.75, 3.05) is 13.1 Å². The SMILES string of the molecule is CCC(CC)NC(=O)C1CCCN(Cc2nc(-c3ccc(C(C)(C)C)cc3)no2)C1. The topological polar surface area (TPSA) is 71.3 Å². The van der Waals surface area contributed by atoms with Gasteiger partial charge in [-0.15, -0.1) is 0 Å². The van der Waals surface area contributed by atoms with Crippen molar-refractivity contribution in [2.24, 2.45) is 5.92 Å². The second-order valence-corrected chi connectivity index (χ2v) is 9.44. The van der Waals surface area contributed by atoms with Crippen LogP contribution in [0.25, 0.3) is 11.4 Å². The van der Waals surface area contributed by atoms with Crippen LogP contribution in [-0.2, 0) is 16.8 Å². The van der Waals surface area contributed by atoms with Crippen LogP contribution in [0.15, 0.2) is 28.8 Å². The van der Waals surface area contributed by atoms with Crippen molar-refractivity contribution in [1.29, 1.82) is 0 Å². The Bertz CT molecular complexity index is 818. The molecule has 1 atom stereocenters. The molecule has 2 aromatic rings. The number of piperidine rings is 1. The van der Waals surface area contributed by atoms with E-state index in [1.54, 1.807) is 0 Å². The first-order valence-corrected chi connectivity index (χ1v) is 11.3. The zero-order valence-corrected chi connectivity index (χ0v) is 19.1. The Labute approximate surface area is 180 Å². The van der Waals surface area contributed by atoms with Gasteiger partial charge in [0.05, 0.1) is 12.5 Å². The van der Waals surface area contributed by atoms with Crippen molar-refractivity contribution in [1.82, 2.24) is 20.4 Å². The van der Waals surface area contributed by atoms with Crippen LogP contribution in [0.2, 0.25) is 0 Å². The van der Waals surface area contributed by atoms with Gasteiger partial charge in [0.1, 0.15) is 0 Å². The zero-order valence-electron chi connectivity index (χ0n) is 19.1. The van der Waals surface area contributed by atoms with Crippen molar-refractivity contribution in [2.45, 2.75) is 78.3 Å². The van der Waals surface area contributed by atoms with Gasteiger partial charge in [-0.3, -0.25) is 9.69 Å². The normalized spacial score (nSPS) is 18.0. The second-order valence-electron chi connectivity index (χ2n) is 9.44. The van der Waals surface area contributed by atoms with Gasteiger partial charge in [-0.25, -0.2) is 0 Å². The molecule has 3 rings (SSSR count). The predicted molar refractivity (Wildman–Crippen MR) is 119 cm³/mol. The smallest absolute Gasteiger partial charge is 0.241 e. The van der Waals surface area contributed by atoms with E-state index in [1.807, 2.05) is 12.1 Å². The molecule has 1 aromatic carbocycles. The van der Waals surface area contributed by atoms with E-state index in [0.29, 0.717) is 18.3 Å². The maximum absolute atomic E-state index is 12.6. The molecule has 0 bridgehead atoms. The summed E-state index contributed by atoms with van der Waals surface area (Å²) in [5.74, 6) is 1.43. The van der Waals surface area contributed by atoms with Crippen LogP contribution in [0.1, 0.15) is 71.8 Å². The molecule has 6 heteroatoms. The monoisotopic (exact) mass is 412 g/mol. The molecule has 0 aliphatic carbocycles. The molecule has 6 nitrogen and oxygen atoms in total. The summed E-state index contributed by atoms with van der Waals surface area (Å²) in [5.41, 5.74) is 2.35. The molecule has 1 aliphatic rings. The molecule has 2 heterocycles. The van der Waals surface area contributed by atoms with E-state index in [9.17, 15) is 4.79 Å². The highest BCUT2D eigenvalue weighted by Gasteiger charge is 2.27. The third kappa shape index (κ3) is 5.69. The Hall–Kier alpha value is -2.21. The highest BCUT2D eigenvalue weighted by molar-refractivity contribution is 5.79. The number of hydrogen-bond acceptors (Lipinski definition) is 5. The van der Waals surface area contributed by atoms with Crippen LogP contribution in [-0.4, -0.2) is 40.1 Å². The van der Waals surface area contributed by atoms with Gasteiger partial charge in [0.25, 0.3) is 0 Å². The van der Waals surface area contributed by atoms with Crippen molar-refractivity contribution in [3.63, 3.8) is 0 Å². The van der Waals surface area contributed by atoms with E-state index in [-0.39, 0.29) is 23.3 Å². The Morgan fingerprint density at radius 3 is 2.57 bits per heavy atom. The Kier molecular flexibility index (Phi) is 7.29. The molecule has 1 unspecified atom stereocenters. The molecule has 1 fully saturated rings. The number of carbonyl (C=O) groups is 1. The lowest BCUT2D eigenvalue weighted by Crippen LogP contribution is -2.45. The molecular formula is C24H36N4O2. The standard InChI is InChI=1S/C24H36N4O2/c1-6-20(7-2)25-23(29)18-9-8-14-28(15-18)16-21-26-22(27-30-21)17-10-12-19(13-11-17)24(3,4)5/h10-13,18,20H,6-9,14-16H2,1-5H3,(H,25,29). The highest BCUT2D eigenvalue weighted by atomic mass is 16.5. The largest absolute Gasteiger partial charge is 0.353 e. The number of carbonyl (C=O) groups excluding carboxylic acids is 1. The molecule has 1 aromatic heterocycles. The molecule has 0 saturated carbocycles.